The van der Waals surface area contributed by atoms with Gasteiger partial charge in [0.15, 0.2) is 5.76 Å². The number of amides is 1. The van der Waals surface area contributed by atoms with Gasteiger partial charge in [0, 0.05) is 27.8 Å². The summed E-state index contributed by atoms with van der Waals surface area (Å²) in [7, 11) is 4.05. The summed E-state index contributed by atoms with van der Waals surface area (Å²) in [4.78, 5) is 16.2. The molecule has 1 atom stereocenters. The number of benzene rings is 2. The van der Waals surface area contributed by atoms with Crippen molar-refractivity contribution >= 4 is 39.0 Å². The van der Waals surface area contributed by atoms with Crippen LogP contribution in [0.4, 0.5) is 0 Å². The Morgan fingerprint density at radius 3 is 2.67 bits per heavy atom. The predicted molar refractivity (Wildman–Crippen MR) is 112 cm³/mol. The lowest BCUT2D eigenvalue weighted by Crippen LogP contribution is -2.34. The van der Waals surface area contributed by atoms with Crippen molar-refractivity contribution in [3.8, 4) is 0 Å². The van der Waals surface area contributed by atoms with Crippen LogP contribution < -0.4 is 5.32 Å². The van der Waals surface area contributed by atoms with Crippen molar-refractivity contribution in [3.63, 3.8) is 0 Å². The van der Waals surface area contributed by atoms with E-state index in [9.17, 15) is 4.79 Å². The fourth-order valence-corrected chi connectivity index (χ4v) is 4.38. The number of nitrogens with one attached hydrogen (secondary N) is 1. The molecule has 0 saturated carbocycles. The van der Waals surface area contributed by atoms with E-state index in [-0.39, 0.29) is 11.9 Å². The Hall–Kier alpha value is -2.63. The molecule has 2 heterocycles. The molecule has 0 bridgehead atoms. The quantitative estimate of drug-likeness (QED) is 0.532. The van der Waals surface area contributed by atoms with E-state index in [0.29, 0.717) is 12.3 Å². The number of hydrogen-bond donors (Lipinski definition) is 1. The van der Waals surface area contributed by atoms with Gasteiger partial charge in [-0.1, -0.05) is 42.5 Å². The van der Waals surface area contributed by atoms with Gasteiger partial charge in [-0.25, -0.2) is 0 Å². The molecular weight excluding hydrogens is 356 g/mol. The predicted octanol–water partition coefficient (Wildman–Crippen LogP) is 4.99. The molecular formula is C22H22N2O2S. The van der Waals surface area contributed by atoms with Crippen LogP contribution in [0.1, 0.15) is 27.0 Å². The van der Waals surface area contributed by atoms with Crippen LogP contribution in [0.15, 0.2) is 58.3 Å². The minimum Gasteiger partial charge on any atom is -0.450 e. The zero-order valence-corrected chi connectivity index (χ0v) is 16.5. The summed E-state index contributed by atoms with van der Waals surface area (Å²) in [5.74, 6) is 0.223. The Labute approximate surface area is 162 Å². The van der Waals surface area contributed by atoms with Crippen molar-refractivity contribution in [3.05, 3.63) is 70.1 Å². The molecule has 0 aliphatic rings. The van der Waals surface area contributed by atoms with Gasteiger partial charge in [-0.05, 0) is 37.9 Å². The van der Waals surface area contributed by atoms with Crippen molar-refractivity contribution < 1.29 is 9.21 Å². The maximum Gasteiger partial charge on any atom is 0.287 e. The summed E-state index contributed by atoms with van der Waals surface area (Å²) >= 11 is 1.70. The van der Waals surface area contributed by atoms with Gasteiger partial charge in [0.25, 0.3) is 5.91 Å². The molecule has 138 valence electrons. The van der Waals surface area contributed by atoms with Crippen LogP contribution in [0.3, 0.4) is 0 Å². The maximum atomic E-state index is 12.8. The number of hydrogen-bond acceptors (Lipinski definition) is 4. The topological polar surface area (TPSA) is 45.5 Å². The number of likely N-dealkylation sites (N-methyl/N-ethyl adjacent to an activating group) is 1. The summed E-state index contributed by atoms with van der Waals surface area (Å²) in [6.45, 7) is 2.47. The first-order valence-corrected chi connectivity index (χ1v) is 9.83. The van der Waals surface area contributed by atoms with Gasteiger partial charge in [-0.2, -0.15) is 0 Å². The first-order chi connectivity index (χ1) is 13.1. The van der Waals surface area contributed by atoms with E-state index in [1.165, 1.54) is 4.88 Å². The van der Waals surface area contributed by atoms with E-state index in [1.54, 1.807) is 11.3 Å². The summed E-state index contributed by atoms with van der Waals surface area (Å²) in [6.07, 6.45) is 0. The lowest BCUT2D eigenvalue weighted by Gasteiger charge is -2.23. The molecule has 4 rings (SSSR count). The molecule has 0 fully saturated rings. The molecule has 1 unspecified atom stereocenters. The number of nitrogens with zero attached hydrogens (tertiary/aromatic N) is 1. The number of thiophene rings is 1. The number of aryl methyl sites for hydroxylation is 1. The third-order valence-electron chi connectivity index (χ3n) is 4.99. The Balaban J connectivity index is 1.63. The van der Waals surface area contributed by atoms with E-state index >= 15 is 0 Å². The van der Waals surface area contributed by atoms with E-state index < -0.39 is 0 Å². The van der Waals surface area contributed by atoms with Crippen molar-refractivity contribution in [2.75, 3.05) is 20.6 Å². The van der Waals surface area contributed by atoms with Crippen molar-refractivity contribution in [2.24, 2.45) is 0 Å². The molecule has 0 aliphatic carbocycles. The van der Waals surface area contributed by atoms with Gasteiger partial charge in [0.05, 0.1) is 6.04 Å². The average molecular weight is 378 g/mol. The number of fused-ring (bicyclic) bond motifs is 3. The fourth-order valence-electron chi connectivity index (χ4n) is 3.45. The normalized spacial score (nSPS) is 12.7. The second-order valence-corrected chi connectivity index (χ2v) is 7.90. The van der Waals surface area contributed by atoms with Gasteiger partial charge in [-0.15, -0.1) is 11.3 Å². The second-order valence-electron chi connectivity index (χ2n) is 6.92. The molecule has 5 heteroatoms. The van der Waals surface area contributed by atoms with Crippen molar-refractivity contribution in [1.29, 1.82) is 0 Å². The molecule has 0 saturated heterocycles. The summed E-state index contributed by atoms with van der Waals surface area (Å²) in [5.41, 5.74) is 1.66. The molecule has 2 aromatic carbocycles. The van der Waals surface area contributed by atoms with Crippen LogP contribution in [0.2, 0.25) is 0 Å². The lowest BCUT2D eigenvalue weighted by molar-refractivity contribution is 0.0916. The van der Waals surface area contributed by atoms with Crippen LogP contribution >= 0.6 is 11.3 Å². The summed E-state index contributed by atoms with van der Waals surface area (Å²) in [6, 6.07) is 16.4. The Morgan fingerprint density at radius 1 is 1.11 bits per heavy atom. The number of furan rings is 1. The molecule has 2 aromatic heterocycles. The van der Waals surface area contributed by atoms with Gasteiger partial charge in [-0.3, -0.25) is 4.79 Å². The van der Waals surface area contributed by atoms with Gasteiger partial charge >= 0.3 is 0 Å². The minimum absolute atomic E-state index is 0.138. The third-order valence-corrected chi connectivity index (χ3v) is 5.96. The van der Waals surface area contributed by atoms with Crippen LogP contribution in [-0.4, -0.2) is 31.4 Å². The standard InChI is InChI=1S/C22H22N2O2S/c1-14-16-11-10-15-7-4-5-8-17(15)21(16)26-20(14)22(25)23-13-18(24(2)3)19-9-6-12-27-19/h4-12,18H,13H2,1-3H3,(H,23,25). The largest absolute Gasteiger partial charge is 0.450 e. The third kappa shape index (κ3) is 3.24. The van der Waals surface area contributed by atoms with Gasteiger partial charge < -0.3 is 14.6 Å². The molecule has 1 amide bonds. The second kappa shape index (κ2) is 7.18. The lowest BCUT2D eigenvalue weighted by atomic mass is 10.1. The highest BCUT2D eigenvalue weighted by molar-refractivity contribution is 7.10. The Kier molecular flexibility index (Phi) is 4.72. The molecule has 4 aromatic rings. The van der Waals surface area contributed by atoms with Crippen molar-refractivity contribution in [2.45, 2.75) is 13.0 Å². The molecule has 4 nitrogen and oxygen atoms in total. The van der Waals surface area contributed by atoms with Crippen LogP contribution in [0, 0.1) is 6.92 Å². The molecule has 0 radical (unpaired) electrons. The fraction of sp³-hybridized carbons (Fsp3) is 0.227. The molecule has 27 heavy (non-hydrogen) atoms. The Bertz CT molecular complexity index is 1100. The van der Waals surface area contributed by atoms with Gasteiger partial charge in [0.2, 0.25) is 0 Å². The molecule has 1 N–H and O–H groups in total. The Morgan fingerprint density at radius 2 is 1.93 bits per heavy atom. The van der Waals surface area contributed by atoms with Crippen LogP contribution in [-0.2, 0) is 0 Å². The first kappa shape index (κ1) is 17.8. The zero-order chi connectivity index (χ0) is 19.0. The first-order valence-electron chi connectivity index (χ1n) is 8.95. The SMILES string of the molecule is Cc1c(C(=O)NCC(c2cccs2)N(C)C)oc2c1ccc1ccccc12. The zero-order valence-electron chi connectivity index (χ0n) is 15.7. The smallest absolute Gasteiger partial charge is 0.287 e. The number of carbonyl (C=O) groups is 1. The highest BCUT2D eigenvalue weighted by atomic mass is 32.1. The van der Waals surface area contributed by atoms with Crippen LogP contribution in [0.25, 0.3) is 21.7 Å². The van der Waals surface area contributed by atoms with E-state index in [2.05, 4.69) is 33.8 Å². The van der Waals surface area contributed by atoms with Gasteiger partial charge in [0.1, 0.15) is 5.58 Å². The molecule has 0 aliphatic heterocycles. The monoisotopic (exact) mass is 378 g/mol. The average Bonchev–Trinajstić information content (AvgIpc) is 3.30. The van der Waals surface area contributed by atoms with E-state index in [1.807, 2.05) is 51.4 Å². The van der Waals surface area contributed by atoms with Crippen LogP contribution in [0.5, 0.6) is 0 Å². The van der Waals surface area contributed by atoms with Crippen molar-refractivity contribution in [1.82, 2.24) is 10.2 Å². The minimum atomic E-state index is -0.170. The van der Waals surface area contributed by atoms with E-state index in [4.69, 9.17) is 4.42 Å². The molecule has 0 spiro atoms. The number of rotatable bonds is 5. The maximum absolute atomic E-state index is 12.8. The highest BCUT2D eigenvalue weighted by Gasteiger charge is 2.21. The summed E-state index contributed by atoms with van der Waals surface area (Å²) in [5, 5.41) is 8.23. The highest BCUT2D eigenvalue weighted by Crippen LogP contribution is 2.32. The van der Waals surface area contributed by atoms with E-state index in [0.717, 1.165) is 27.3 Å². The number of carbonyl (C=O) groups excluding carboxylic acids is 1. The summed E-state index contributed by atoms with van der Waals surface area (Å²) < 4.78 is 6.03.